The number of hydrogen-bond acceptors (Lipinski definition) is 4. The molecule has 2 N–H and O–H groups in total. The van der Waals surface area contributed by atoms with Crippen LogP contribution in [-0.2, 0) is 4.79 Å². The Bertz CT molecular complexity index is 466. The Morgan fingerprint density at radius 3 is 2.89 bits per heavy atom. The van der Waals surface area contributed by atoms with Crippen molar-refractivity contribution < 1.29 is 9.90 Å². The Balaban J connectivity index is 2.70. The van der Waals surface area contributed by atoms with Crippen LogP contribution in [0.4, 0.5) is 5.82 Å². The van der Waals surface area contributed by atoms with Gasteiger partial charge in [0, 0.05) is 18.7 Å². The number of carboxylic acids is 1. The summed E-state index contributed by atoms with van der Waals surface area (Å²) in [7, 11) is 0. The predicted octanol–water partition coefficient (Wildman–Crippen LogP) is 2.17. The Labute approximate surface area is 106 Å². The molecule has 5 nitrogen and oxygen atoms in total. The van der Waals surface area contributed by atoms with E-state index in [9.17, 15) is 4.79 Å². The number of anilines is 1. The van der Waals surface area contributed by atoms with Crippen LogP contribution < -0.4 is 5.32 Å². The molecule has 0 amide bonds. The number of nitriles is 1. The number of rotatable bonds is 6. The summed E-state index contributed by atoms with van der Waals surface area (Å²) in [6.45, 7) is 4.30. The van der Waals surface area contributed by atoms with Crippen LogP contribution in [0.1, 0.15) is 31.0 Å². The van der Waals surface area contributed by atoms with Gasteiger partial charge in [-0.15, -0.1) is 0 Å². The van der Waals surface area contributed by atoms with E-state index in [1.54, 1.807) is 12.1 Å². The van der Waals surface area contributed by atoms with Gasteiger partial charge in [-0.25, -0.2) is 4.98 Å². The number of pyridine rings is 1. The van der Waals surface area contributed by atoms with Crippen molar-refractivity contribution in [2.24, 2.45) is 5.92 Å². The Hall–Kier alpha value is -2.09. The van der Waals surface area contributed by atoms with Gasteiger partial charge in [0.1, 0.15) is 11.9 Å². The third-order valence-corrected chi connectivity index (χ3v) is 2.75. The lowest BCUT2D eigenvalue weighted by molar-refractivity contribution is -0.138. The lowest BCUT2D eigenvalue weighted by Gasteiger charge is -2.14. The molecule has 96 valence electrons. The summed E-state index contributed by atoms with van der Waals surface area (Å²) in [6, 6.07) is 5.55. The predicted molar refractivity (Wildman–Crippen MR) is 68.2 cm³/mol. The summed E-state index contributed by atoms with van der Waals surface area (Å²) >= 11 is 0. The number of carboxylic acid groups (broad SMARTS) is 1. The molecular formula is C13H17N3O2. The summed E-state index contributed by atoms with van der Waals surface area (Å²) in [5.41, 5.74) is 1.30. The maximum Gasteiger partial charge on any atom is 0.303 e. The normalized spacial score (nSPS) is 11.6. The van der Waals surface area contributed by atoms with Crippen LogP contribution in [0.5, 0.6) is 0 Å². The number of carbonyl (C=O) groups is 1. The van der Waals surface area contributed by atoms with Crippen molar-refractivity contribution in [2.45, 2.75) is 26.7 Å². The summed E-state index contributed by atoms with van der Waals surface area (Å²) in [5, 5.41) is 20.8. The van der Waals surface area contributed by atoms with Crippen molar-refractivity contribution in [3.8, 4) is 6.07 Å². The summed E-state index contributed by atoms with van der Waals surface area (Å²) in [6.07, 6.45) is 0.893. The van der Waals surface area contributed by atoms with Crippen molar-refractivity contribution in [1.82, 2.24) is 4.98 Å². The topological polar surface area (TPSA) is 86.0 Å². The molecule has 0 bridgehead atoms. The fraction of sp³-hybridized carbons (Fsp3) is 0.462. The molecule has 0 spiro atoms. The van der Waals surface area contributed by atoms with Gasteiger partial charge >= 0.3 is 5.97 Å². The zero-order chi connectivity index (χ0) is 13.5. The van der Waals surface area contributed by atoms with Crippen molar-refractivity contribution >= 4 is 11.8 Å². The van der Waals surface area contributed by atoms with Crippen LogP contribution in [0, 0.1) is 24.2 Å². The van der Waals surface area contributed by atoms with Gasteiger partial charge in [-0.2, -0.15) is 5.26 Å². The Morgan fingerprint density at radius 2 is 2.33 bits per heavy atom. The van der Waals surface area contributed by atoms with Crippen molar-refractivity contribution in [1.29, 1.82) is 5.26 Å². The smallest absolute Gasteiger partial charge is 0.303 e. The molecule has 1 unspecified atom stereocenters. The maximum absolute atomic E-state index is 10.7. The van der Waals surface area contributed by atoms with Crippen molar-refractivity contribution in [3.63, 3.8) is 0 Å². The zero-order valence-corrected chi connectivity index (χ0v) is 10.6. The molecular weight excluding hydrogens is 230 g/mol. The molecule has 5 heteroatoms. The number of aromatic nitrogens is 1. The minimum Gasteiger partial charge on any atom is -0.481 e. The highest BCUT2D eigenvalue weighted by molar-refractivity contribution is 5.67. The minimum absolute atomic E-state index is 0.0383. The van der Waals surface area contributed by atoms with Gasteiger partial charge in [-0.1, -0.05) is 13.3 Å². The molecule has 1 aromatic heterocycles. The Morgan fingerprint density at radius 1 is 1.61 bits per heavy atom. The largest absolute Gasteiger partial charge is 0.481 e. The van der Waals surface area contributed by atoms with E-state index in [2.05, 4.69) is 16.4 Å². The SMILES string of the molecule is CCC(CNc1nc(C)ccc1C#N)CC(=O)O. The molecule has 0 aliphatic carbocycles. The molecule has 1 atom stereocenters. The third-order valence-electron chi connectivity index (χ3n) is 2.75. The first-order valence-electron chi connectivity index (χ1n) is 5.90. The number of nitrogens with one attached hydrogen (secondary N) is 1. The van der Waals surface area contributed by atoms with Crippen LogP contribution in [0.25, 0.3) is 0 Å². The second-order valence-corrected chi connectivity index (χ2v) is 4.21. The van der Waals surface area contributed by atoms with Gasteiger partial charge in [0.05, 0.1) is 5.56 Å². The second kappa shape index (κ2) is 6.60. The zero-order valence-electron chi connectivity index (χ0n) is 10.6. The molecule has 1 aromatic rings. The second-order valence-electron chi connectivity index (χ2n) is 4.21. The van der Waals surface area contributed by atoms with E-state index in [4.69, 9.17) is 10.4 Å². The van der Waals surface area contributed by atoms with Crippen LogP contribution in [0.3, 0.4) is 0 Å². The van der Waals surface area contributed by atoms with Crippen molar-refractivity contribution in [2.75, 3.05) is 11.9 Å². The molecule has 18 heavy (non-hydrogen) atoms. The Kier molecular flexibility index (Phi) is 5.12. The van der Waals surface area contributed by atoms with Crippen molar-refractivity contribution in [3.05, 3.63) is 23.4 Å². The van der Waals surface area contributed by atoms with Gasteiger partial charge in [0.2, 0.25) is 0 Å². The van der Waals surface area contributed by atoms with E-state index in [1.807, 2.05) is 13.8 Å². The molecule has 1 heterocycles. The van der Waals surface area contributed by atoms with Crippen LogP contribution in [-0.4, -0.2) is 22.6 Å². The summed E-state index contributed by atoms with van der Waals surface area (Å²) < 4.78 is 0. The first-order valence-corrected chi connectivity index (χ1v) is 5.90. The summed E-state index contributed by atoms with van der Waals surface area (Å²) in [4.78, 5) is 14.9. The molecule has 1 rings (SSSR count). The highest BCUT2D eigenvalue weighted by Gasteiger charge is 2.12. The van der Waals surface area contributed by atoms with Gasteiger partial charge in [-0.05, 0) is 25.0 Å². The number of nitrogens with zero attached hydrogens (tertiary/aromatic N) is 2. The van der Waals surface area contributed by atoms with Gasteiger partial charge in [0.25, 0.3) is 0 Å². The lowest BCUT2D eigenvalue weighted by atomic mass is 10.0. The molecule has 0 saturated carbocycles. The molecule has 0 fully saturated rings. The van der Waals surface area contributed by atoms with Crippen LogP contribution in [0.2, 0.25) is 0 Å². The number of aryl methyl sites for hydroxylation is 1. The highest BCUT2D eigenvalue weighted by Crippen LogP contribution is 2.15. The van der Waals surface area contributed by atoms with E-state index < -0.39 is 5.97 Å². The molecule has 0 aliphatic heterocycles. The molecule has 0 saturated heterocycles. The first-order chi connectivity index (χ1) is 8.56. The average Bonchev–Trinajstić information content (AvgIpc) is 2.34. The van der Waals surface area contributed by atoms with E-state index in [-0.39, 0.29) is 12.3 Å². The number of aliphatic carboxylic acids is 1. The fourth-order valence-corrected chi connectivity index (χ4v) is 1.63. The van der Waals surface area contributed by atoms with Crippen LogP contribution >= 0.6 is 0 Å². The number of hydrogen-bond donors (Lipinski definition) is 2. The quantitative estimate of drug-likeness (QED) is 0.804. The van der Waals surface area contributed by atoms with E-state index >= 15 is 0 Å². The highest BCUT2D eigenvalue weighted by atomic mass is 16.4. The molecule has 0 aliphatic rings. The third kappa shape index (κ3) is 4.06. The standard InChI is InChI=1S/C13H17N3O2/c1-3-10(6-12(17)18)8-15-13-11(7-14)5-4-9(2)16-13/h4-5,10H,3,6,8H2,1-2H3,(H,15,16)(H,17,18). The molecule has 0 aromatic carbocycles. The minimum atomic E-state index is -0.804. The average molecular weight is 247 g/mol. The van der Waals surface area contributed by atoms with Gasteiger partial charge in [0.15, 0.2) is 0 Å². The summed E-state index contributed by atoms with van der Waals surface area (Å²) in [5.74, 6) is -0.237. The first kappa shape index (κ1) is 14.0. The lowest BCUT2D eigenvalue weighted by Crippen LogP contribution is -2.18. The monoisotopic (exact) mass is 247 g/mol. The van der Waals surface area contributed by atoms with Gasteiger partial charge in [-0.3, -0.25) is 4.79 Å². The van der Waals surface area contributed by atoms with E-state index in [0.29, 0.717) is 17.9 Å². The van der Waals surface area contributed by atoms with Crippen LogP contribution in [0.15, 0.2) is 12.1 Å². The maximum atomic E-state index is 10.7. The molecule has 0 radical (unpaired) electrons. The van der Waals surface area contributed by atoms with E-state index in [1.165, 1.54) is 0 Å². The fourth-order valence-electron chi connectivity index (χ4n) is 1.63. The van der Waals surface area contributed by atoms with E-state index in [0.717, 1.165) is 12.1 Å². The van der Waals surface area contributed by atoms with Gasteiger partial charge < -0.3 is 10.4 Å².